The molecule has 6 nitrogen and oxygen atoms in total. The van der Waals surface area contributed by atoms with Gasteiger partial charge in [-0.15, -0.1) is 4.72 Å². The van der Waals surface area contributed by atoms with Crippen LogP contribution < -0.4 is 19.5 Å². The number of ether oxygens (including phenoxy) is 2. The van der Waals surface area contributed by atoms with Gasteiger partial charge in [0.15, 0.2) is 16.4 Å². The number of hydrogen-bond acceptors (Lipinski definition) is 5. The van der Waals surface area contributed by atoms with Gasteiger partial charge >= 0.3 is 0 Å². The highest BCUT2D eigenvalue weighted by Crippen LogP contribution is 2.54. The number of carbonyl (C=O) groups is 1. The summed E-state index contributed by atoms with van der Waals surface area (Å²) in [4.78, 5) is 14.1. The topological polar surface area (TPSA) is 82.7 Å². The Bertz CT molecular complexity index is 1250. The summed E-state index contributed by atoms with van der Waals surface area (Å²) in [5.74, 6) is 1.06. The van der Waals surface area contributed by atoms with Crippen LogP contribution in [0.3, 0.4) is 0 Å². The molecule has 2 N–H and O–H groups in total. The van der Waals surface area contributed by atoms with E-state index in [1.165, 1.54) is 0 Å². The molecule has 1 heterocycles. The largest absolute Gasteiger partial charge is 0.593 e. The molecular formula is C27H26N2O4S. The third-order valence-electron chi connectivity index (χ3n) is 7.10. The van der Waals surface area contributed by atoms with Gasteiger partial charge in [-0.2, -0.15) is 0 Å². The molecule has 34 heavy (non-hydrogen) atoms. The van der Waals surface area contributed by atoms with Crippen LogP contribution in [-0.4, -0.2) is 23.3 Å². The van der Waals surface area contributed by atoms with E-state index >= 15 is 0 Å². The Morgan fingerprint density at radius 3 is 2.35 bits per heavy atom. The smallest absolute Gasteiger partial charge is 0.251 e. The molecule has 0 saturated heterocycles. The molecule has 2 saturated carbocycles. The van der Waals surface area contributed by atoms with E-state index in [1.54, 1.807) is 7.05 Å². The summed E-state index contributed by atoms with van der Waals surface area (Å²) >= 11 is -1.21. The van der Waals surface area contributed by atoms with E-state index in [9.17, 15) is 9.35 Å². The summed E-state index contributed by atoms with van der Waals surface area (Å²) < 4.78 is 26.8. The Morgan fingerprint density at radius 1 is 0.912 bits per heavy atom. The van der Waals surface area contributed by atoms with Crippen molar-refractivity contribution in [2.45, 2.75) is 48.2 Å². The Kier molecular flexibility index (Phi) is 5.09. The van der Waals surface area contributed by atoms with Crippen LogP contribution in [0.2, 0.25) is 0 Å². The monoisotopic (exact) mass is 474 g/mol. The number of amides is 1. The number of carbonyl (C=O) groups excluding carboxylic acids is 1. The normalized spacial score (nSPS) is 19.4. The molecule has 3 aromatic rings. The lowest BCUT2D eigenvalue weighted by molar-refractivity contribution is -0.138. The fraction of sp³-hybridized carbons (Fsp3) is 0.296. The summed E-state index contributed by atoms with van der Waals surface area (Å²) in [6.45, 7) is 0. The van der Waals surface area contributed by atoms with E-state index in [0.29, 0.717) is 0 Å². The van der Waals surface area contributed by atoms with Crippen LogP contribution in [0, 0.1) is 0 Å². The molecule has 0 bridgehead atoms. The van der Waals surface area contributed by atoms with Gasteiger partial charge in [-0.3, -0.25) is 4.79 Å². The van der Waals surface area contributed by atoms with Gasteiger partial charge in [-0.1, -0.05) is 18.2 Å². The van der Waals surface area contributed by atoms with Crippen molar-refractivity contribution in [1.82, 2.24) is 4.72 Å². The first-order valence-electron chi connectivity index (χ1n) is 11.6. The van der Waals surface area contributed by atoms with E-state index in [-0.39, 0.29) is 5.91 Å². The number of nitrogens with one attached hydrogen (secondary N) is 2. The molecule has 7 heteroatoms. The second kappa shape index (κ2) is 8.05. The Morgan fingerprint density at radius 2 is 1.68 bits per heavy atom. The molecule has 6 rings (SSSR count). The predicted molar refractivity (Wildman–Crippen MR) is 131 cm³/mol. The van der Waals surface area contributed by atoms with Gasteiger partial charge in [0, 0.05) is 25.6 Å². The minimum atomic E-state index is -1.21. The number of benzene rings is 3. The highest BCUT2D eigenvalue weighted by Gasteiger charge is 2.53. The molecule has 3 aromatic carbocycles. The van der Waals surface area contributed by atoms with E-state index in [1.807, 2.05) is 66.7 Å². The first kappa shape index (κ1) is 21.5. The standard InChI is InChI=1S/C27H26N2O4S/c1-28-34(31)22-9-6-18(7-10-22)19-4-2-5-21(16-19)29-25(30)26(14-15-26)20-8-11-23-24(17-20)33-27(32-23)12-3-13-27/h2,4-11,16-17,28H,3,12-15H2,1H3,(H,29,30). The Hall–Kier alpha value is -3.00. The van der Waals surface area contributed by atoms with Crippen molar-refractivity contribution in [1.29, 1.82) is 0 Å². The van der Waals surface area contributed by atoms with Crippen molar-refractivity contribution < 1.29 is 18.8 Å². The highest BCUT2D eigenvalue weighted by atomic mass is 32.2. The summed E-state index contributed by atoms with van der Waals surface area (Å²) in [6, 6.07) is 21.3. The average molecular weight is 475 g/mol. The van der Waals surface area contributed by atoms with E-state index in [4.69, 9.17) is 9.47 Å². The summed E-state index contributed by atoms with van der Waals surface area (Å²) in [5, 5.41) is 3.13. The van der Waals surface area contributed by atoms with Crippen molar-refractivity contribution in [3.8, 4) is 22.6 Å². The Labute approximate surface area is 202 Å². The van der Waals surface area contributed by atoms with Crippen LogP contribution in [0.5, 0.6) is 11.5 Å². The van der Waals surface area contributed by atoms with Crippen molar-refractivity contribution in [2.24, 2.45) is 0 Å². The Balaban J connectivity index is 1.19. The molecule has 0 aromatic heterocycles. The molecule has 174 valence electrons. The van der Waals surface area contributed by atoms with Gasteiger partial charge in [0.1, 0.15) is 0 Å². The van der Waals surface area contributed by atoms with Crippen molar-refractivity contribution >= 4 is 23.0 Å². The number of anilines is 1. The maximum Gasteiger partial charge on any atom is 0.251 e. The summed E-state index contributed by atoms with van der Waals surface area (Å²) in [5.41, 5.74) is 3.19. The van der Waals surface area contributed by atoms with Gasteiger partial charge in [0.25, 0.3) is 5.79 Å². The fourth-order valence-electron chi connectivity index (χ4n) is 4.75. The zero-order valence-electron chi connectivity index (χ0n) is 18.9. The minimum Gasteiger partial charge on any atom is -0.593 e. The first-order chi connectivity index (χ1) is 16.5. The molecule has 1 unspecified atom stereocenters. The van der Waals surface area contributed by atoms with Crippen LogP contribution in [0.25, 0.3) is 11.1 Å². The van der Waals surface area contributed by atoms with Crippen molar-refractivity contribution in [3.63, 3.8) is 0 Å². The zero-order valence-corrected chi connectivity index (χ0v) is 19.7. The van der Waals surface area contributed by atoms with Crippen molar-refractivity contribution in [2.75, 3.05) is 12.4 Å². The molecule has 1 aliphatic heterocycles. The predicted octanol–water partition coefficient (Wildman–Crippen LogP) is 4.92. The molecule has 2 aliphatic carbocycles. The van der Waals surface area contributed by atoms with E-state index < -0.39 is 22.6 Å². The maximum atomic E-state index is 13.4. The second-order valence-corrected chi connectivity index (χ2v) is 10.7. The molecule has 1 spiro atoms. The lowest BCUT2D eigenvalue weighted by Crippen LogP contribution is -2.45. The lowest BCUT2D eigenvalue weighted by Gasteiger charge is -2.35. The van der Waals surface area contributed by atoms with E-state index in [0.717, 1.165) is 70.9 Å². The van der Waals surface area contributed by atoms with Crippen LogP contribution in [0.4, 0.5) is 5.69 Å². The quantitative estimate of drug-likeness (QED) is 0.496. The molecule has 1 atom stereocenters. The second-order valence-electron chi connectivity index (χ2n) is 9.24. The SMILES string of the molecule is CN[S+]([O-])c1ccc(-c2cccc(NC(=O)C3(c4ccc5c(c4)OC4(CCC4)O5)CC3)c2)cc1. The van der Waals surface area contributed by atoms with Crippen LogP contribution >= 0.6 is 0 Å². The van der Waals surface area contributed by atoms with Crippen LogP contribution in [-0.2, 0) is 21.6 Å². The average Bonchev–Trinajstić information content (AvgIpc) is 3.56. The first-order valence-corrected chi connectivity index (χ1v) is 12.8. The highest BCUT2D eigenvalue weighted by molar-refractivity contribution is 7.89. The van der Waals surface area contributed by atoms with Crippen LogP contribution in [0.1, 0.15) is 37.7 Å². The lowest BCUT2D eigenvalue weighted by atomic mass is 9.91. The van der Waals surface area contributed by atoms with Crippen LogP contribution in [0.15, 0.2) is 71.6 Å². The van der Waals surface area contributed by atoms with Crippen molar-refractivity contribution in [3.05, 3.63) is 72.3 Å². The molecule has 1 amide bonds. The summed E-state index contributed by atoms with van der Waals surface area (Å²) in [7, 11) is 1.66. The molecular weight excluding hydrogens is 448 g/mol. The maximum absolute atomic E-state index is 13.4. The van der Waals surface area contributed by atoms with E-state index in [2.05, 4.69) is 10.0 Å². The number of rotatable bonds is 6. The number of hydrogen-bond donors (Lipinski definition) is 2. The van der Waals surface area contributed by atoms with Gasteiger partial charge in [-0.25, -0.2) is 0 Å². The van der Waals surface area contributed by atoms with Gasteiger partial charge in [0.2, 0.25) is 5.91 Å². The van der Waals surface area contributed by atoms with Gasteiger partial charge in [0.05, 0.1) is 16.8 Å². The molecule has 3 aliphatic rings. The fourth-order valence-corrected chi connectivity index (χ4v) is 5.37. The summed E-state index contributed by atoms with van der Waals surface area (Å²) in [6.07, 6.45) is 4.57. The minimum absolute atomic E-state index is 0.00152. The molecule has 2 fully saturated rings. The van der Waals surface area contributed by atoms with Gasteiger partial charge < -0.3 is 19.3 Å². The third-order valence-corrected chi connectivity index (χ3v) is 8.17. The van der Waals surface area contributed by atoms with Gasteiger partial charge in [-0.05, 0) is 84.5 Å². The zero-order chi connectivity index (χ0) is 23.3. The molecule has 0 radical (unpaired) electrons. The third kappa shape index (κ3) is 3.64. The number of fused-ring (bicyclic) bond motifs is 1.